The van der Waals surface area contributed by atoms with Crippen LogP contribution in [0.1, 0.15) is 34.6 Å². The molecular formula is C32H36N2O5SSi. The van der Waals surface area contributed by atoms with E-state index in [-0.39, 0.29) is 17.6 Å². The molecule has 0 radical (unpaired) electrons. The van der Waals surface area contributed by atoms with Gasteiger partial charge in [-0.25, -0.2) is 0 Å². The Morgan fingerprint density at radius 1 is 0.902 bits per heavy atom. The number of amides is 1. The molecule has 1 spiro atoms. The van der Waals surface area contributed by atoms with Crippen molar-refractivity contribution >= 4 is 47.6 Å². The molecule has 7 nitrogen and oxygen atoms in total. The average molecular weight is 589 g/mol. The van der Waals surface area contributed by atoms with Crippen LogP contribution in [0.2, 0.25) is 5.04 Å². The Morgan fingerprint density at radius 2 is 1.44 bits per heavy atom. The molecule has 0 aromatic heterocycles. The van der Waals surface area contributed by atoms with Gasteiger partial charge in [-0.15, -0.1) is 0 Å². The molecule has 9 heteroatoms. The van der Waals surface area contributed by atoms with Crippen molar-refractivity contribution in [2.45, 2.75) is 69.5 Å². The molecule has 4 atom stereocenters. The predicted molar refractivity (Wildman–Crippen MR) is 165 cm³/mol. The minimum atomic E-state index is -2.92. The lowest BCUT2D eigenvalue weighted by Gasteiger charge is -2.44. The maximum absolute atomic E-state index is 14.5. The number of carbonyl (C=O) groups excluding carboxylic acids is 1. The zero-order valence-corrected chi connectivity index (χ0v) is 25.8. The smallest absolute Gasteiger partial charge is 0.264 e. The van der Waals surface area contributed by atoms with Crippen LogP contribution in [0.5, 0.6) is 0 Å². The number of thiocarbonyl (C=S) groups is 1. The summed E-state index contributed by atoms with van der Waals surface area (Å²) in [4.78, 5) is 16.0. The van der Waals surface area contributed by atoms with Gasteiger partial charge in [-0.1, -0.05) is 99.6 Å². The zero-order valence-electron chi connectivity index (χ0n) is 24.0. The number of benzene rings is 3. The van der Waals surface area contributed by atoms with Gasteiger partial charge in [0.2, 0.25) is 0 Å². The third kappa shape index (κ3) is 4.47. The van der Waals surface area contributed by atoms with Gasteiger partial charge < -0.3 is 24.0 Å². The van der Waals surface area contributed by atoms with Crippen LogP contribution >= 0.6 is 12.2 Å². The van der Waals surface area contributed by atoms with Crippen molar-refractivity contribution in [1.82, 2.24) is 5.32 Å². The second-order valence-electron chi connectivity index (χ2n) is 12.3. The second-order valence-corrected chi connectivity index (χ2v) is 17.0. The number of hydrogen-bond acceptors (Lipinski definition) is 6. The summed E-state index contributed by atoms with van der Waals surface area (Å²) in [7, 11) is -2.92. The highest BCUT2D eigenvalue weighted by Crippen LogP contribution is 2.47. The Kier molecular flexibility index (Phi) is 6.96. The maximum atomic E-state index is 14.5. The Morgan fingerprint density at radius 3 is 1.98 bits per heavy atom. The lowest BCUT2D eigenvalue weighted by Crippen LogP contribution is -2.69. The monoisotopic (exact) mass is 588 g/mol. The number of rotatable bonds is 6. The van der Waals surface area contributed by atoms with E-state index in [9.17, 15) is 4.79 Å². The van der Waals surface area contributed by atoms with Gasteiger partial charge in [-0.3, -0.25) is 9.69 Å². The lowest BCUT2D eigenvalue weighted by atomic mass is 9.88. The molecule has 3 fully saturated rings. The first-order valence-corrected chi connectivity index (χ1v) is 16.3. The third-order valence-corrected chi connectivity index (χ3v) is 13.6. The highest BCUT2D eigenvalue weighted by molar-refractivity contribution is 7.80. The molecule has 1 N–H and O–H groups in total. The summed E-state index contributed by atoms with van der Waals surface area (Å²) in [5, 5.41) is 5.70. The number of nitrogens with one attached hydrogen (secondary N) is 1. The highest BCUT2D eigenvalue weighted by Gasteiger charge is 2.72. The van der Waals surface area contributed by atoms with E-state index in [1.165, 1.54) is 4.90 Å². The fraction of sp³-hybridized carbons (Fsp3) is 0.375. The number of anilines is 1. The summed E-state index contributed by atoms with van der Waals surface area (Å²) in [6.07, 6.45) is -2.20. The molecule has 0 bridgehead atoms. The van der Waals surface area contributed by atoms with Gasteiger partial charge in [0.15, 0.2) is 22.7 Å². The second kappa shape index (κ2) is 10.1. The maximum Gasteiger partial charge on any atom is 0.264 e. The molecule has 3 aliphatic rings. The number of hydrogen-bond donors (Lipinski definition) is 1. The van der Waals surface area contributed by atoms with Gasteiger partial charge in [0.25, 0.3) is 14.2 Å². The molecule has 0 unspecified atom stereocenters. The van der Waals surface area contributed by atoms with Gasteiger partial charge in [0.05, 0.1) is 12.3 Å². The first-order valence-electron chi connectivity index (χ1n) is 14.0. The summed E-state index contributed by atoms with van der Waals surface area (Å²) >= 11 is 5.76. The summed E-state index contributed by atoms with van der Waals surface area (Å²) in [5.41, 5.74) is -0.642. The average Bonchev–Trinajstić information content (AvgIpc) is 3.50. The van der Waals surface area contributed by atoms with E-state index in [4.69, 9.17) is 30.9 Å². The van der Waals surface area contributed by atoms with Crippen LogP contribution in [0.15, 0.2) is 91.0 Å². The van der Waals surface area contributed by atoms with Crippen molar-refractivity contribution in [2.75, 3.05) is 11.5 Å². The predicted octanol–water partition coefficient (Wildman–Crippen LogP) is 4.10. The Bertz CT molecular complexity index is 1390. The molecule has 214 valence electrons. The van der Waals surface area contributed by atoms with Crippen LogP contribution in [0.3, 0.4) is 0 Å². The molecule has 3 aromatic rings. The van der Waals surface area contributed by atoms with E-state index < -0.39 is 38.1 Å². The summed E-state index contributed by atoms with van der Waals surface area (Å²) in [6.45, 7) is 10.4. The van der Waals surface area contributed by atoms with Crippen molar-refractivity contribution in [1.29, 1.82) is 0 Å². The van der Waals surface area contributed by atoms with Gasteiger partial charge in [0.1, 0.15) is 12.2 Å². The number of carbonyl (C=O) groups is 1. The van der Waals surface area contributed by atoms with E-state index in [0.717, 1.165) is 10.4 Å². The molecule has 3 heterocycles. The zero-order chi connectivity index (χ0) is 29.0. The SMILES string of the molecule is CC1(C)O[C@@H]2O[C@H](CO[Si](c3ccccc3)(c3ccccc3)C(C)(C)C)[C@]3(NC(=S)N(c4ccccc4)C3=O)[C@@H]2O1. The van der Waals surface area contributed by atoms with Gasteiger partial charge in [-0.05, 0) is 53.6 Å². The molecule has 0 aliphatic carbocycles. The quantitative estimate of drug-likeness (QED) is 0.344. The number of fused-ring (bicyclic) bond motifs is 2. The summed E-state index contributed by atoms with van der Waals surface area (Å²) in [5.74, 6) is -1.16. The number of ether oxygens (including phenoxy) is 3. The first kappa shape index (κ1) is 28.2. The van der Waals surface area contributed by atoms with Gasteiger partial charge in [-0.2, -0.15) is 0 Å². The third-order valence-electron chi connectivity index (χ3n) is 8.27. The molecule has 3 aromatic carbocycles. The van der Waals surface area contributed by atoms with E-state index in [1.54, 1.807) is 0 Å². The number of nitrogens with zero attached hydrogens (tertiary/aromatic N) is 1. The molecule has 6 rings (SSSR count). The van der Waals surface area contributed by atoms with E-state index in [2.05, 4.69) is 74.6 Å². The Hall–Kier alpha value is -2.92. The van der Waals surface area contributed by atoms with Gasteiger partial charge in [0, 0.05) is 0 Å². The van der Waals surface area contributed by atoms with E-state index in [1.807, 2.05) is 56.3 Å². The fourth-order valence-corrected chi connectivity index (χ4v) is 11.4. The first-order chi connectivity index (χ1) is 19.5. The van der Waals surface area contributed by atoms with Crippen LogP contribution < -0.4 is 20.6 Å². The molecule has 0 saturated carbocycles. The lowest BCUT2D eigenvalue weighted by molar-refractivity contribution is -0.214. The molecule has 3 aliphatic heterocycles. The van der Waals surface area contributed by atoms with Crippen LogP contribution in [0, 0.1) is 0 Å². The summed E-state index contributed by atoms with van der Waals surface area (Å²) < 4.78 is 26.2. The number of para-hydroxylation sites is 1. The van der Waals surface area contributed by atoms with E-state index in [0.29, 0.717) is 10.8 Å². The highest BCUT2D eigenvalue weighted by atomic mass is 32.1. The Labute approximate surface area is 247 Å². The topological polar surface area (TPSA) is 69.3 Å². The minimum Gasteiger partial charge on any atom is -0.405 e. The molecular weight excluding hydrogens is 553 g/mol. The molecule has 1 amide bonds. The van der Waals surface area contributed by atoms with Crippen LogP contribution in [-0.4, -0.2) is 55.8 Å². The standard InChI is InChI=1S/C32H36N2O5SSi/c1-30(2,3)41(23-17-11-7-12-18-23,24-19-13-8-14-20-24)36-21-25-32(26-27(37-25)39-31(4,5)38-26)28(35)34(29(40)33-32)22-15-9-6-10-16-22/h6-20,25-27H,21H2,1-5H3,(H,33,40)/t25-,26-,27+,32+/m1/s1. The Balaban J connectivity index is 1.43. The van der Waals surface area contributed by atoms with Crippen LogP contribution in [0.4, 0.5) is 5.69 Å². The van der Waals surface area contributed by atoms with Crippen LogP contribution in [0.25, 0.3) is 0 Å². The summed E-state index contributed by atoms with van der Waals surface area (Å²) in [6, 6.07) is 30.2. The van der Waals surface area contributed by atoms with Crippen LogP contribution in [-0.2, 0) is 23.4 Å². The van der Waals surface area contributed by atoms with Crippen molar-refractivity contribution < 1.29 is 23.4 Å². The molecule has 41 heavy (non-hydrogen) atoms. The molecule has 3 saturated heterocycles. The van der Waals surface area contributed by atoms with Crippen molar-refractivity contribution in [3.63, 3.8) is 0 Å². The van der Waals surface area contributed by atoms with Crippen molar-refractivity contribution in [3.8, 4) is 0 Å². The fourth-order valence-electron chi connectivity index (χ4n) is 6.51. The van der Waals surface area contributed by atoms with Crippen molar-refractivity contribution in [2.24, 2.45) is 0 Å². The normalized spacial score (nSPS) is 27.3. The van der Waals surface area contributed by atoms with Gasteiger partial charge >= 0.3 is 0 Å². The largest absolute Gasteiger partial charge is 0.405 e. The van der Waals surface area contributed by atoms with E-state index >= 15 is 0 Å². The van der Waals surface area contributed by atoms with Crippen molar-refractivity contribution in [3.05, 3.63) is 91.0 Å². The minimum absolute atomic E-state index is 0.136.